The van der Waals surface area contributed by atoms with Crippen LogP contribution in [-0.4, -0.2) is 10.5 Å². The number of aromatic nitrogens is 1. The second-order valence-corrected chi connectivity index (χ2v) is 8.08. The summed E-state index contributed by atoms with van der Waals surface area (Å²) in [6, 6.07) is 21.2. The Kier molecular flexibility index (Phi) is 5.89. The maximum Gasteiger partial charge on any atom is 0.249 e. The smallest absolute Gasteiger partial charge is 0.249 e. The van der Waals surface area contributed by atoms with Crippen LogP contribution in [0.4, 0.5) is 0 Å². The highest BCUT2D eigenvalue weighted by Gasteiger charge is 2.17. The van der Waals surface area contributed by atoms with Gasteiger partial charge in [0, 0.05) is 28.4 Å². The zero-order chi connectivity index (χ0) is 21.1. The molecule has 0 saturated heterocycles. The van der Waals surface area contributed by atoms with Gasteiger partial charge in [-0.2, -0.15) is 0 Å². The van der Waals surface area contributed by atoms with E-state index in [1.807, 2.05) is 12.1 Å². The summed E-state index contributed by atoms with van der Waals surface area (Å²) in [4.78, 5) is 12.2. The van der Waals surface area contributed by atoms with Crippen molar-refractivity contribution < 1.29 is 4.79 Å². The van der Waals surface area contributed by atoms with Gasteiger partial charge >= 0.3 is 0 Å². The van der Waals surface area contributed by atoms with Crippen LogP contribution in [0.15, 0.2) is 60.7 Å². The van der Waals surface area contributed by atoms with Crippen LogP contribution in [0.2, 0.25) is 0 Å². The topological polar surface area (TPSA) is 48.0 Å². The first-order chi connectivity index (χ1) is 14.6. The molecule has 0 aliphatic carbocycles. The zero-order valence-electron chi connectivity index (χ0n) is 17.9. The van der Waals surface area contributed by atoms with Gasteiger partial charge in [0.1, 0.15) is 0 Å². The van der Waals surface area contributed by atoms with Crippen molar-refractivity contribution in [1.29, 1.82) is 0 Å². The number of aryl methyl sites for hydroxylation is 2. The Morgan fingerprint density at radius 2 is 1.70 bits per heavy atom. The number of benzene rings is 3. The van der Waals surface area contributed by atoms with E-state index in [0.29, 0.717) is 5.56 Å². The number of fused-ring (bicyclic) bond motifs is 3. The van der Waals surface area contributed by atoms with Crippen LogP contribution in [0.5, 0.6) is 0 Å². The van der Waals surface area contributed by atoms with Crippen LogP contribution in [0.1, 0.15) is 60.2 Å². The molecular formula is C27H30N2O. The van der Waals surface area contributed by atoms with Crippen molar-refractivity contribution in [1.82, 2.24) is 4.57 Å². The van der Waals surface area contributed by atoms with Gasteiger partial charge in [-0.1, -0.05) is 69.2 Å². The van der Waals surface area contributed by atoms with Crippen LogP contribution in [0, 0.1) is 0 Å². The molecule has 4 rings (SSSR count). The van der Waals surface area contributed by atoms with Crippen LogP contribution in [0.3, 0.4) is 0 Å². The summed E-state index contributed by atoms with van der Waals surface area (Å²) in [5.41, 5.74) is 12.6. The van der Waals surface area contributed by atoms with Crippen molar-refractivity contribution in [2.75, 3.05) is 0 Å². The van der Waals surface area contributed by atoms with E-state index in [1.165, 1.54) is 41.5 Å². The van der Waals surface area contributed by atoms with E-state index < -0.39 is 0 Å². The summed E-state index contributed by atoms with van der Waals surface area (Å²) in [6.45, 7) is 5.21. The molecule has 0 aliphatic heterocycles. The molecule has 1 aromatic heterocycles. The predicted molar refractivity (Wildman–Crippen MR) is 126 cm³/mol. The molecule has 0 spiro atoms. The van der Waals surface area contributed by atoms with Gasteiger partial charge in [-0.3, -0.25) is 4.79 Å². The SMILES string of the molecule is CCCCCc1ccc2c3c(C(N)=O)cccc3n(Cc3ccccc3CC)c2c1. The number of amides is 1. The third-order valence-corrected chi connectivity index (χ3v) is 6.12. The van der Waals surface area contributed by atoms with Crippen LogP contribution >= 0.6 is 0 Å². The molecule has 0 aliphatic rings. The Bertz CT molecular complexity index is 1200. The van der Waals surface area contributed by atoms with Crippen LogP contribution in [-0.2, 0) is 19.4 Å². The molecule has 0 fully saturated rings. The number of hydrogen-bond acceptors (Lipinski definition) is 1. The second kappa shape index (κ2) is 8.74. The third kappa shape index (κ3) is 3.72. The van der Waals surface area contributed by atoms with E-state index in [4.69, 9.17) is 5.73 Å². The number of nitrogens with two attached hydrogens (primary N) is 1. The van der Waals surface area contributed by atoms with Crippen molar-refractivity contribution in [3.8, 4) is 0 Å². The van der Waals surface area contributed by atoms with E-state index in [9.17, 15) is 4.79 Å². The molecule has 0 atom stereocenters. The maximum absolute atomic E-state index is 12.2. The van der Waals surface area contributed by atoms with Gasteiger partial charge in [0.2, 0.25) is 5.91 Å². The Balaban J connectivity index is 1.93. The van der Waals surface area contributed by atoms with E-state index in [-0.39, 0.29) is 5.91 Å². The minimum Gasteiger partial charge on any atom is -0.366 e. The fourth-order valence-electron chi connectivity index (χ4n) is 4.53. The number of hydrogen-bond donors (Lipinski definition) is 1. The Labute approximate surface area is 178 Å². The summed E-state index contributed by atoms with van der Waals surface area (Å²) in [6.07, 6.45) is 5.75. The first-order valence-electron chi connectivity index (χ1n) is 11.0. The fourth-order valence-corrected chi connectivity index (χ4v) is 4.53. The Hall–Kier alpha value is -3.07. The van der Waals surface area contributed by atoms with E-state index in [1.54, 1.807) is 0 Å². The first-order valence-corrected chi connectivity index (χ1v) is 11.0. The average molecular weight is 399 g/mol. The standard InChI is InChI=1S/C27H30N2O/c1-3-5-6-10-19-15-16-22-25(17-19)29(18-21-12-8-7-11-20(21)4-2)24-14-9-13-23(26(22)24)27(28)30/h7-9,11-17H,3-6,10,18H2,1-2H3,(H2,28,30). The summed E-state index contributed by atoms with van der Waals surface area (Å²) in [7, 11) is 0. The predicted octanol–water partition coefficient (Wildman–Crippen LogP) is 6.24. The molecule has 30 heavy (non-hydrogen) atoms. The Morgan fingerprint density at radius 3 is 2.43 bits per heavy atom. The minimum absolute atomic E-state index is 0.374. The average Bonchev–Trinajstić information content (AvgIpc) is 3.07. The summed E-state index contributed by atoms with van der Waals surface area (Å²) >= 11 is 0. The van der Waals surface area contributed by atoms with Gasteiger partial charge in [-0.15, -0.1) is 0 Å². The van der Waals surface area contributed by atoms with Crippen LogP contribution < -0.4 is 5.73 Å². The highest BCUT2D eigenvalue weighted by atomic mass is 16.1. The normalized spacial score (nSPS) is 11.4. The van der Waals surface area contributed by atoms with E-state index >= 15 is 0 Å². The number of unbranched alkanes of at least 4 members (excludes halogenated alkanes) is 2. The van der Waals surface area contributed by atoms with Crippen molar-refractivity contribution in [2.24, 2.45) is 5.73 Å². The van der Waals surface area contributed by atoms with Gasteiger partial charge in [0.05, 0.1) is 5.52 Å². The lowest BCUT2D eigenvalue weighted by molar-refractivity contribution is 0.100. The highest BCUT2D eigenvalue weighted by molar-refractivity contribution is 6.18. The molecule has 3 heteroatoms. The fraction of sp³-hybridized carbons (Fsp3) is 0.296. The molecule has 0 radical (unpaired) electrons. The molecule has 4 aromatic rings. The number of carbonyl (C=O) groups excluding carboxylic acids is 1. The van der Waals surface area contributed by atoms with Crippen molar-refractivity contribution in [3.63, 3.8) is 0 Å². The quantitative estimate of drug-likeness (QED) is 0.351. The zero-order valence-corrected chi connectivity index (χ0v) is 17.9. The van der Waals surface area contributed by atoms with Gasteiger partial charge in [-0.25, -0.2) is 0 Å². The van der Waals surface area contributed by atoms with Gasteiger partial charge in [0.15, 0.2) is 0 Å². The van der Waals surface area contributed by atoms with E-state index in [0.717, 1.165) is 35.7 Å². The number of carbonyl (C=O) groups is 1. The van der Waals surface area contributed by atoms with Crippen LogP contribution in [0.25, 0.3) is 21.8 Å². The molecule has 0 bridgehead atoms. The molecule has 1 heterocycles. The van der Waals surface area contributed by atoms with Crippen molar-refractivity contribution >= 4 is 27.7 Å². The van der Waals surface area contributed by atoms with Crippen molar-refractivity contribution in [2.45, 2.75) is 52.5 Å². The maximum atomic E-state index is 12.2. The second-order valence-electron chi connectivity index (χ2n) is 8.08. The largest absolute Gasteiger partial charge is 0.366 e. The minimum atomic E-state index is -0.374. The lowest BCUT2D eigenvalue weighted by Gasteiger charge is -2.12. The van der Waals surface area contributed by atoms with Gasteiger partial charge in [-0.05, 0) is 54.2 Å². The third-order valence-electron chi connectivity index (χ3n) is 6.12. The molecule has 2 N–H and O–H groups in total. The van der Waals surface area contributed by atoms with Crippen molar-refractivity contribution in [3.05, 3.63) is 82.9 Å². The van der Waals surface area contributed by atoms with Gasteiger partial charge < -0.3 is 10.3 Å². The molecule has 0 unspecified atom stereocenters. The highest BCUT2D eigenvalue weighted by Crippen LogP contribution is 2.33. The summed E-state index contributed by atoms with van der Waals surface area (Å²) in [5.74, 6) is -0.374. The molecule has 3 aromatic carbocycles. The summed E-state index contributed by atoms with van der Waals surface area (Å²) in [5, 5.41) is 2.07. The van der Waals surface area contributed by atoms with Gasteiger partial charge in [0.25, 0.3) is 0 Å². The lowest BCUT2D eigenvalue weighted by atomic mass is 10.0. The Morgan fingerprint density at radius 1 is 0.900 bits per heavy atom. The number of primary amides is 1. The molecular weight excluding hydrogens is 368 g/mol. The molecule has 154 valence electrons. The first kappa shape index (κ1) is 20.2. The summed E-state index contributed by atoms with van der Waals surface area (Å²) < 4.78 is 2.36. The monoisotopic (exact) mass is 398 g/mol. The molecule has 1 amide bonds. The molecule has 0 saturated carbocycles. The number of nitrogens with zero attached hydrogens (tertiary/aromatic N) is 1. The molecule has 3 nitrogen and oxygen atoms in total. The number of rotatable bonds is 8. The lowest BCUT2D eigenvalue weighted by Crippen LogP contribution is -2.11. The van der Waals surface area contributed by atoms with E-state index in [2.05, 4.69) is 66.9 Å².